The molecule has 0 bridgehead atoms. The predicted octanol–water partition coefficient (Wildman–Crippen LogP) is 4.86. The van der Waals surface area contributed by atoms with Gasteiger partial charge in [0.05, 0.1) is 0 Å². The fourth-order valence-electron chi connectivity index (χ4n) is 3.39. The molecule has 0 radical (unpaired) electrons. The Labute approximate surface area is 134 Å². The first kappa shape index (κ1) is 16.1. The second-order valence-electron chi connectivity index (χ2n) is 5.65. The summed E-state index contributed by atoms with van der Waals surface area (Å²) < 4.78 is 0. The number of halogens is 1. The van der Waals surface area contributed by atoms with Crippen LogP contribution in [0.3, 0.4) is 0 Å². The molecular weight excluding hydrogens is 278 g/mol. The first-order chi connectivity index (χ1) is 9.88. The normalized spacial score (nSPS) is 18.4. The molecule has 1 aliphatic heterocycles. The molecule has 21 heavy (non-hydrogen) atoms. The highest BCUT2D eigenvalue weighted by atomic mass is 35.5. The van der Waals surface area contributed by atoms with E-state index >= 15 is 0 Å². The third kappa shape index (κ3) is 3.66. The van der Waals surface area contributed by atoms with Crippen molar-refractivity contribution in [1.82, 2.24) is 4.90 Å². The predicted molar refractivity (Wildman–Crippen MR) is 92.2 cm³/mol. The Hall–Kier alpha value is -1.31. The third-order valence-electron chi connectivity index (χ3n) is 4.42. The molecule has 1 unspecified atom stereocenters. The van der Waals surface area contributed by atoms with Crippen LogP contribution in [0.25, 0.3) is 0 Å². The molecular formula is C19H24ClN. The van der Waals surface area contributed by atoms with E-state index in [4.69, 9.17) is 0 Å². The summed E-state index contributed by atoms with van der Waals surface area (Å²) in [7, 11) is 0. The maximum absolute atomic E-state index is 2.61. The molecule has 1 atom stereocenters. The van der Waals surface area contributed by atoms with Crippen molar-refractivity contribution < 1.29 is 0 Å². The summed E-state index contributed by atoms with van der Waals surface area (Å²) >= 11 is 0. The number of hydrogen-bond acceptors (Lipinski definition) is 1. The van der Waals surface area contributed by atoms with Gasteiger partial charge in [0.25, 0.3) is 0 Å². The monoisotopic (exact) mass is 301 g/mol. The van der Waals surface area contributed by atoms with Crippen LogP contribution in [0.15, 0.2) is 54.6 Å². The van der Waals surface area contributed by atoms with Crippen molar-refractivity contribution in [2.75, 3.05) is 13.1 Å². The molecule has 112 valence electrons. The zero-order chi connectivity index (χ0) is 13.8. The largest absolute Gasteiger partial charge is 0.297 e. The fraction of sp³-hybridized carbons (Fsp3) is 0.368. The third-order valence-corrected chi connectivity index (χ3v) is 4.42. The Morgan fingerprint density at radius 3 is 2.48 bits per heavy atom. The molecule has 2 heteroatoms. The van der Waals surface area contributed by atoms with Crippen LogP contribution in [0.5, 0.6) is 0 Å². The molecule has 0 spiro atoms. The highest BCUT2D eigenvalue weighted by Gasteiger charge is 2.25. The van der Waals surface area contributed by atoms with Gasteiger partial charge in [-0.15, -0.1) is 12.4 Å². The van der Waals surface area contributed by atoms with Gasteiger partial charge < -0.3 is 0 Å². The molecule has 0 aliphatic carbocycles. The van der Waals surface area contributed by atoms with Gasteiger partial charge in [-0.2, -0.15) is 0 Å². The Morgan fingerprint density at radius 1 is 1.00 bits per heavy atom. The highest BCUT2D eigenvalue weighted by Crippen LogP contribution is 2.34. The van der Waals surface area contributed by atoms with Gasteiger partial charge in [-0.25, -0.2) is 0 Å². The smallest absolute Gasteiger partial charge is 0.0351 e. The molecule has 0 amide bonds. The van der Waals surface area contributed by atoms with Crippen LogP contribution < -0.4 is 0 Å². The lowest BCUT2D eigenvalue weighted by molar-refractivity contribution is 0.270. The van der Waals surface area contributed by atoms with E-state index in [9.17, 15) is 0 Å². The standard InChI is InChI=1S/C19H23N.ClH/c1-2-20-14-8-13-19(20)18-12-7-6-11-17(18)15-16-9-4-3-5-10-16;/h3-7,9-12,19H,2,8,13-15H2,1H3;1H. The van der Waals surface area contributed by atoms with Gasteiger partial charge in [-0.05, 0) is 49.0 Å². The molecule has 2 aromatic rings. The Balaban J connectivity index is 0.00000161. The van der Waals surface area contributed by atoms with Gasteiger partial charge in [0, 0.05) is 6.04 Å². The molecule has 1 nitrogen and oxygen atoms in total. The highest BCUT2D eigenvalue weighted by molar-refractivity contribution is 5.85. The summed E-state index contributed by atoms with van der Waals surface area (Å²) in [5, 5.41) is 0. The van der Waals surface area contributed by atoms with E-state index in [1.807, 2.05) is 0 Å². The van der Waals surface area contributed by atoms with E-state index in [2.05, 4.69) is 66.4 Å². The first-order valence-electron chi connectivity index (χ1n) is 7.74. The van der Waals surface area contributed by atoms with E-state index in [0.29, 0.717) is 6.04 Å². The van der Waals surface area contributed by atoms with Gasteiger partial charge >= 0.3 is 0 Å². The van der Waals surface area contributed by atoms with Crippen LogP contribution in [0, 0.1) is 0 Å². The second-order valence-corrected chi connectivity index (χ2v) is 5.65. The van der Waals surface area contributed by atoms with E-state index in [1.54, 1.807) is 0 Å². The van der Waals surface area contributed by atoms with E-state index in [0.717, 1.165) is 13.0 Å². The van der Waals surface area contributed by atoms with Crippen molar-refractivity contribution in [3.8, 4) is 0 Å². The minimum Gasteiger partial charge on any atom is -0.297 e. The molecule has 0 saturated carbocycles. The molecule has 2 aromatic carbocycles. The molecule has 3 rings (SSSR count). The van der Waals surface area contributed by atoms with Crippen molar-refractivity contribution in [3.63, 3.8) is 0 Å². The van der Waals surface area contributed by atoms with Crippen molar-refractivity contribution in [3.05, 3.63) is 71.3 Å². The van der Waals surface area contributed by atoms with Crippen molar-refractivity contribution in [1.29, 1.82) is 0 Å². The summed E-state index contributed by atoms with van der Waals surface area (Å²) in [4.78, 5) is 2.61. The summed E-state index contributed by atoms with van der Waals surface area (Å²) in [5.74, 6) is 0. The average molecular weight is 302 g/mol. The van der Waals surface area contributed by atoms with Crippen LogP contribution in [-0.2, 0) is 6.42 Å². The Kier molecular flexibility index (Phi) is 5.84. The summed E-state index contributed by atoms with van der Waals surface area (Å²) in [6, 6.07) is 20.4. The number of likely N-dealkylation sites (tertiary alicyclic amines) is 1. The first-order valence-corrected chi connectivity index (χ1v) is 7.74. The van der Waals surface area contributed by atoms with E-state index in [-0.39, 0.29) is 12.4 Å². The van der Waals surface area contributed by atoms with Crippen LogP contribution >= 0.6 is 12.4 Å². The van der Waals surface area contributed by atoms with Crippen molar-refractivity contribution in [2.45, 2.75) is 32.2 Å². The SMILES string of the molecule is CCN1CCCC1c1ccccc1Cc1ccccc1.Cl. The van der Waals surface area contributed by atoms with Crippen LogP contribution in [0.4, 0.5) is 0 Å². The maximum Gasteiger partial charge on any atom is 0.0351 e. The van der Waals surface area contributed by atoms with Crippen molar-refractivity contribution in [2.24, 2.45) is 0 Å². The average Bonchev–Trinajstić information content (AvgIpc) is 2.97. The Morgan fingerprint density at radius 2 is 1.71 bits per heavy atom. The summed E-state index contributed by atoms with van der Waals surface area (Å²) in [6.45, 7) is 4.68. The second kappa shape index (κ2) is 7.63. The van der Waals surface area contributed by atoms with Crippen LogP contribution in [-0.4, -0.2) is 18.0 Å². The number of benzene rings is 2. The molecule has 1 fully saturated rings. The minimum absolute atomic E-state index is 0. The zero-order valence-corrected chi connectivity index (χ0v) is 13.5. The Bertz CT molecular complexity index is 553. The quantitative estimate of drug-likeness (QED) is 0.780. The lowest BCUT2D eigenvalue weighted by Gasteiger charge is -2.25. The molecule has 1 saturated heterocycles. The topological polar surface area (TPSA) is 3.24 Å². The maximum atomic E-state index is 2.61. The lowest BCUT2D eigenvalue weighted by Crippen LogP contribution is -2.23. The molecule has 1 heterocycles. The minimum atomic E-state index is 0. The van der Waals surface area contributed by atoms with Gasteiger partial charge in [-0.3, -0.25) is 4.90 Å². The van der Waals surface area contributed by atoms with Crippen LogP contribution in [0.1, 0.15) is 42.5 Å². The lowest BCUT2D eigenvalue weighted by atomic mass is 9.94. The van der Waals surface area contributed by atoms with E-state index in [1.165, 1.54) is 36.1 Å². The van der Waals surface area contributed by atoms with Crippen LogP contribution in [0.2, 0.25) is 0 Å². The summed E-state index contributed by atoms with van der Waals surface area (Å²) in [6.07, 6.45) is 3.68. The fourth-order valence-corrected chi connectivity index (χ4v) is 3.39. The van der Waals surface area contributed by atoms with E-state index < -0.39 is 0 Å². The zero-order valence-electron chi connectivity index (χ0n) is 12.7. The molecule has 0 aromatic heterocycles. The van der Waals surface area contributed by atoms with Gasteiger partial charge in [-0.1, -0.05) is 61.5 Å². The van der Waals surface area contributed by atoms with Gasteiger partial charge in [0.1, 0.15) is 0 Å². The molecule has 0 N–H and O–H groups in total. The number of nitrogens with zero attached hydrogens (tertiary/aromatic N) is 1. The molecule has 1 aliphatic rings. The number of hydrogen-bond donors (Lipinski definition) is 0. The van der Waals surface area contributed by atoms with Crippen molar-refractivity contribution >= 4 is 12.4 Å². The van der Waals surface area contributed by atoms with Gasteiger partial charge in [0.15, 0.2) is 0 Å². The van der Waals surface area contributed by atoms with Gasteiger partial charge in [0.2, 0.25) is 0 Å². The summed E-state index contributed by atoms with van der Waals surface area (Å²) in [5.41, 5.74) is 4.43. The number of rotatable bonds is 4.